The molecule has 0 fully saturated rings. The number of anilines is 1. The molecule has 2 aromatic rings. The molecule has 0 aliphatic rings. The minimum Gasteiger partial charge on any atom is -0.495 e. The summed E-state index contributed by atoms with van der Waals surface area (Å²) in [5.74, 6) is 0.603. The van der Waals surface area contributed by atoms with E-state index >= 15 is 0 Å². The van der Waals surface area contributed by atoms with E-state index in [0.717, 1.165) is 16.8 Å². The van der Waals surface area contributed by atoms with Crippen LogP contribution in [-0.4, -0.2) is 23.8 Å². The number of thioether (sulfide) groups is 1. The lowest BCUT2D eigenvalue weighted by atomic mass is 9.87. The molecule has 0 aliphatic heterocycles. The third-order valence-corrected chi connectivity index (χ3v) is 5.08. The molecular weight excluding hydrogens is 358 g/mol. The Morgan fingerprint density at radius 3 is 2.59 bits per heavy atom. The van der Waals surface area contributed by atoms with E-state index in [-0.39, 0.29) is 17.1 Å². The predicted molar refractivity (Wildman–Crippen MR) is 109 cm³/mol. The number of benzene rings is 1. The Hall–Kier alpha value is -2.52. The molecule has 0 radical (unpaired) electrons. The Morgan fingerprint density at radius 1 is 1.30 bits per heavy atom. The van der Waals surface area contributed by atoms with Gasteiger partial charge in [-0.05, 0) is 48.6 Å². The molecule has 0 bridgehead atoms. The molecule has 1 amide bonds. The average molecular weight is 384 g/mol. The standard InChI is InChI=1S/C21H25N3O2S/c1-13-9-14(2)23-20(16(13)11-22)27-12-19(25)24-17-10-15(21(3,4)5)7-8-18(17)26-6/h7-10H,12H2,1-6H3,(H,24,25). The molecule has 27 heavy (non-hydrogen) atoms. The van der Waals surface area contributed by atoms with Gasteiger partial charge in [-0.3, -0.25) is 4.79 Å². The molecule has 0 saturated heterocycles. The number of ether oxygens (including phenoxy) is 1. The number of methoxy groups -OCH3 is 1. The molecule has 1 aromatic heterocycles. The molecule has 6 heteroatoms. The first-order chi connectivity index (χ1) is 12.7. The number of nitriles is 1. The van der Waals surface area contributed by atoms with Gasteiger partial charge in [-0.25, -0.2) is 4.98 Å². The van der Waals surface area contributed by atoms with Crippen LogP contribution in [0.2, 0.25) is 0 Å². The number of pyridine rings is 1. The molecular formula is C21H25N3O2S. The lowest BCUT2D eigenvalue weighted by Gasteiger charge is -2.21. The summed E-state index contributed by atoms with van der Waals surface area (Å²) in [6, 6.07) is 9.85. The second-order valence-electron chi connectivity index (χ2n) is 7.37. The van der Waals surface area contributed by atoms with Gasteiger partial charge in [0.2, 0.25) is 5.91 Å². The summed E-state index contributed by atoms with van der Waals surface area (Å²) < 4.78 is 5.37. The summed E-state index contributed by atoms with van der Waals surface area (Å²) >= 11 is 1.26. The fourth-order valence-electron chi connectivity index (χ4n) is 2.64. The zero-order chi connectivity index (χ0) is 20.2. The number of carbonyl (C=O) groups is 1. The van der Waals surface area contributed by atoms with Gasteiger partial charge in [-0.1, -0.05) is 38.6 Å². The van der Waals surface area contributed by atoms with Crippen molar-refractivity contribution in [1.82, 2.24) is 4.98 Å². The highest BCUT2D eigenvalue weighted by Gasteiger charge is 2.17. The summed E-state index contributed by atoms with van der Waals surface area (Å²) in [7, 11) is 1.58. The van der Waals surface area contributed by atoms with Crippen molar-refractivity contribution in [3.05, 3.63) is 46.6 Å². The van der Waals surface area contributed by atoms with Crippen LogP contribution in [0.5, 0.6) is 5.75 Å². The Bertz CT molecular complexity index is 896. The summed E-state index contributed by atoms with van der Waals surface area (Å²) in [4.78, 5) is 16.9. The Kier molecular flexibility index (Phi) is 6.50. The third kappa shape index (κ3) is 5.24. The van der Waals surface area contributed by atoms with Crippen molar-refractivity contribution in [2.24, 2.45) is 0 Å². The first-order valence-corrected chi connectivity index (χ1v) is 9.63. The SMILES string of the molecule is COc1ccc(C(C)(C)C)cc1NC(=O)CSc1nc(C)cc(C)c1C#N. The number of aromatic nitrogens is 1. The van der Waals surface area contributed by atoms with E-state index in [9.17, 15) is 10.1 Å². The second kappa shape index (κ2) is 8.45. The van der Waals surface area contributed by atoms with Crippen LogP contribution in [0.4, 0.5) is 5.69 Å². The van der Waals surface area contributed by atoms with Crippen molar-refractivity contribution in [2.45, 2.75) is 45.1 Å². The van der Waals surface area contributed by atoms with Crippen LogP contribution in [0, 0.1) is 25.2 Å². The van der Waals surface area contributed by atoms with Crippen LogP contribution in [0.3, 0.4) is 0 Å². The summed E-state index contributed by atoms with van der Waals surface area (Å²) in [6.07, 6.45) is 0. The predicted octanol–water partition coefficient (Wildman–Crippen LogP) is 4.61. The van der Waals surface area contributed by atoms with Gasteiger partial charge < -0.3 is 10.1 Å². The Balaban J connectivity index is 2.16. The van der Waals surface area contributed by atoms with Crippen LogP contribution < -0.4 is 10.1 Å². The molecule has 1 aromatic carbocycles. The van der Waals surface area contributed by atoms with Gasteiger partial charge in [0.25, 0.3) is 0 Å². The highest BCUT2D eigenvalue weighted by Crippen LogP contribution is 2.32. The quantitative estimate of drug-likeness (QED) is 0.763. The number of nitrogens with one attached hydrogen (secondary N) is 1. The number of aryl methyl sites for hydroxylation is 2. The maximum Gasteiger partial charge on any atom is 0.234 e. The van der Waals surface area contributed by atoms with Crippen molar-refractivity contribution < 1.29 is 9.53 Å². The van der Waals surface area contributed by atoms with Crippen molar-refractivity contribution in [3.63, 3.8) is 0 Å². The minimum absolute atomic E-state index is 0.0365. The number of nitrogens with zero attached hydrogens (tertiary/aromatic N) is 2. The van der Waals surface area contributed by atoms with E-state index < -0.39 is 0 Å². The number of hydrogen-bond acceptors (Lipinski definition) is 5. The zero-order valence-corrected chi connectivity index (χ0v) is 17.5. The normalized spacial score (nSPS) is 11.0. The van der Waals surface area contributed by atoms with Gasteiger partial charge in [-0.2, -0.15) is 5.26 Å². The summed E-state index contributed by atoms with van der Waals surface area (Å²) in [6.45, 7) is 10.1. The van der Waals surface area contributed by atoms with Crippen LogP contribution in [0.1, 0.15) is 43.2 Å². The zero-order valence-electron chi connectivity index (χ0n) is 16.6. The van der Waals surface area contributed by atoms with E-state index in [4.69, 9.17) is 4.74 Å². The third-order valence-electron chi connectivity index (χ3n) is 4.10. The Morgan fingerprint density at radius 2 is 2.00 bits per heavy atom. The monoisotopic (exact) mass is 383 g/mol. The number of carbonyl (C=O) groups excluding carboxylic acids is 1. The van der Waals surface area contributed by atoms with Gasteiger partial charge in [-0.15, -0.1) is 0 Å². The average Bonchev–Trinajstić information content (AvgIpc) is 2.58. The van der Waals surface area contributed by atoms with Gasteiger partial charge in [0.15, 0.2) is 0 Å². The lowest BCUT2D eigenvalue weighted by Crippen LogP contribution is -2.17. The molecule has 0 spiro atoms. The summed E-state index contributed by atoms with van der Waals surface area (Å²) in [5.41, 5.74) is 3.93. The van der Waals surface area contributed by atoms with Gasteiger partial charge in [0.1, 0.15) is 16.8 Å². The molecule has 1 N–H and O–H groups in total. The number of rotatable bonds is 5. The van der Waals surface area contributed by atoms with Crippen molar-refractivity contribution >= 4 is 23.4 Å². The second-order valence-corrected chi connectivity index (χ2v) is 8.34. The molecule has 0 saturated carbocycles. The largest absolute Gasteiger partial charge is 0.495 e. The maximum atomic E-state index is 12.5. The minimum atomic E-state index is -0.172. The van der Waals surface area contributed by atoms with E-state index in [1.165, 1.54) is 11.8 Å². The van der Waals surface area contributed by atoms with Gasteiger partial charge in [0.05, 0.1) is 24.1 Å². The number of amides is 1. The molecule has 2 rings (SSSR count). The molecule has 142 valence electrons. The van der Waals surface area contributed by atoms with E-state index in [2.05, 4.69) is 37.1 Å². The van der Waals surface area contributed by atoms with Crippen LogP contribution in [0.15, 0.2) is 29.3 Å². The first-order valence-electron chi connectivity index (χ1n) is 8.65. The van der Waals surface area contributed by atoms with Crippen LogP contribution in [0.25, 0.3) is 0 Å². The van der Waals surface area contributed by atoms with Crippen molar-refractivity contribution in [1.29, 1.82) is 5.26 Å². The lowest BCUT2D eigenvalue weighted by molar-refractivity contribution is -0.113. The van der Waals surface area contributed by atoms with E-state index in [0.29, 0.717) is 22.0 Å². The topological polar surface area (TPSA) is 75.0 Å². The fraction of sp³-hybridized carbons (Fsp3) is 0.381. The Labute approximate surface area is 165 Å². The smallest absolute Gasteiger partial charge is 0.234 e. The maximum absolute atomic E-state index is 12.5. The molecule has 0 atom stereocenters. The summed E-state index contributed by atoms with van der Waals surface area (Å²) in [5, 5.41) is 12.8. The van der Waals surface area contributed by atoms with Crippen LogP contribution >= 0.6 is 11.8 Å². The van der Waals surface area contributed by atoms with Crippen LogP contribution in [-0.2, 0) is 10.2 Å². The molecule has 0 unspecified atom stereocenters. The first kappa shape index (κ1) is 20.8. The van der Waals surface area contributed by atoms with E-state index in [1.54, 1.807) is 7.11 Å². The molecule has 1 heterocycles. The molecule has 5 nitrogen and oxygen atoms in total. The fourth-order valence-corrected chi connectivity index (χ4v) is 3.53. The van der Waals surface area contributed by atoms with Crippen molar-refractivity contribution in [3.8, 4) is 11.8 Å². The molecule has 0 aliphatic carbocycles. The van der Waals surface area contributed by atoms with Crippen molar-refractivity contribution in [2.75, 3.05) is 18.2 Å². The van der Waals surface area contributed by atoms with Gasteiger partial charge >= 0.3 is 0 Å². The highest BCUT2D eigenvalue weighted by molar-refractivity contribution is 8.00. The van der Waals surface area contributed by atoms with E-state index in [1.807, 2.05) is 38.1 Å². The number of hydrogen-bond donors (Lipinski definition) is 1. The van der Waals surface area contributed by atoms with Gasteiger partial charge in [0, 0.05) is 5.69 Å². The highest BCUT2D eigenvalue weighted by atomic mass is 32.2.